The van der Waals surface area contributed by atoms with Crippen LogP contribution >= 0.6 is 0 Å². The van der Waals surface area contributed by atoms with E-state index >= 15 is 0 Å². The van der Waals surface area contributed by atoms with Crippen LogP contribution in [0.15, 0.2) is 24.3 Å². The zero-order valence-electron chi connectivity index (χ0n) is 11.4. The van der Waals surface area contributed by atoms with Crippen molar-refractivity contribution in [2.75, 3.05) is 19.8 Å². The molecular formula is C14H17F2NO4. The van der Waals surface area contributed by atoms with Gasteiger partial charge in [0.1, 0.15) is 5.75 Å². The van der Waals surface area contributed by atoms with Gasteiger partial charge in [0.25, 0.3) is 0 Å². The van der Waals surface area contributed by atoms with E-state index in [2.05, 4.69) is 4.74 Å². The minimum Gasteiger partial charge on any atom is -0.481 e. The van der Waals surface area contributed by atoms with Crippen molar-refractivity contribution in [1.29, 1.82) is 0 Å². The van der Waals surface area contributed by atoms with E-state index in [1.165, 1.54) is 6.07 Å². The number of ether oxygens (including phenoxy) is 2. The van der Waals surface area contributed by atoms with Crippen molar-refractivity contribution in [2.24, 2.45) is 0 Å². The van der Waals surface area contributed by atoms with Gasteiger partial charge >= 0.3 is 12.6 Å². The molecule has 21 heavy (non-hydrogen) atoms. The molecule has 2 rings (SSSR count). The van der Waals surface area contributed by atoms with E-state index in [1.807, 2.05) is 4.90 Å². The van der Waals surface area contributed by atoms with Crippen molar-refractivity contribution in [3.8, 4) is 5.75 Å². The molecule has 7 heteroatoms. The van der Waals surface area contributed by atoms with Gasteiger partial charge < -0.3 is 14.6 Å². The summed E-state index contributed by atoms with van der Waals surface area (Å²) in [6.45, 7) is -1.16. The maximum Gasteiger partial charge on any atom is 0.387 e. The smallest absolute Gasteiger partial charge is 0.387 e. The molecule has 1 unspecified atom stereocenters. The third kappa shape index (κ3) is 4.64. The minimum absolute atomic E-state index is 0.0438. The Morgan fingerprint density at radius 3 is 2.95 bits per heavy atom. The Balaban J connectivity index is 2.09. The Hall–Kier alpha value is -1.73. The first-order chi connectivity index (χ1) is 10.1. The van der Waals surface area contributed by atoms with E-state index in [-0.39, 0.29) is 18.2 Å². The average molecular weight is 301 g/mol. The molecule has 1 aliphatic rings. The van der Waals surface area contributed by atoms with Crippen LogP contribution in [0.2, 0.25) is 0 Å². The fourth-order valence-corrected chi connectivity index (χ4v) is 2.35. The zero-order valence-corrected chi connectivity index (χ0v) is 11.4. The summed E-state index contributed by atoms with van der Waals surface area (Å²) < 4.78 is 34.6. The molecule has 1 fully saturated rings. The maximum atomic E-state index is 12.4. The van der Waals surface area contributed by atoms with E-state index < -0.39 is 12.6 Å². The lowest BCUT2D eigenvalue weighted by molar-refractivity contribution is -0.140. The summed E-state index contributed by atoms with van der Waals surface area (Å²) >= 11 is 0. The molecule has 0 aromatic heterocycles. The van der Waals surface area contributed by atoms with Crippen LogP contribution in [0.3, 0.4) is 0 Å². The van der Waals surface area contributed by atoms with Crippen molar-refractivity contribution < 1.29 is 28.2 Å². The molecule has 1 N–H and O–H groups in total. The molecule has 0 amide bonds. The van der Waals surface area contributed by atoms with Gasteiger partial charge in [-0.3, -0.25) is 9.69 Å². The van der Waals surface area contributed by atoms with Crippen molar-refractivity contribution in [3.63, 3.8) is 0 Å². The Morgan fingerprint density at radius 1 is 1.48 bits per heavy atom. The molecule has 5 nitrogen and oxygen atoms in total. The van der Waals surface area contributed by atoms with Crippen LogP contribution in [0.5, 0.6) is 5.75 Å². The third-order valence-electron chi connectivity index (χ3n) is 3.32. The number of alkyl halides is 2. The number of para-hydroxylation sites is 1. The number of morpholine rings is 1. The molecule has 1 saturated heterocycles. The second-order valence-electron chi connectivity index (χ2n) is 4.78. The molecule has 116 valence electrons. The third-order valence-corrected chi connectivity index (χ3v) is 3.32. The summed E-state index contributed by atoms with van der Waals surface area (Å²) in [4.78, 5) is 12.8. The topological polar surface area (TPSA) is 59.0 Å². The van der Waals surface area contributed by atoms with Crippen molar-refractivity contribution in [3.05, 3.63) is 29.8 Å². The predicted octanol–water partition coefficient (Wildman–Crippen LogP) is 1.96. The van der Waals surface area contributed by atoms with Crippen molar-refractivity contribution in [2.45, 2.75) is 25.6 Å². The molecule has 0 bridgehead atoms. The minimum atomic E-state index is -2.88. The Bertz CT molecular complexity index is 484. The second-order valence-corrected chi connectivity index (χ2v) is 4.78. The molecular weight excluding hydrogens is 284 g/mol. The van der Waals surface area contributed by atoms with Gasteiger partial charge in [-0.15, -0.1) is 0 Å². The van der Waals surface area contributed by atoms with Crippen LogP contribution in [0, 0.1) is 0 Å². The zero-order chi connectivity index (χ0) is 15.2. The summed E-state index contributed by atoms with van der Waals surface area (Å²) in [6, 6.07) is 6.27. The number of hydrogen-bond donors (Lipinski definition) is 1. The number of carboxylic acids is 1. The molecule has 1 heterocycles. The highest BCUT2D eigenvalue weighted by atomic mass is 19.3. The number of aliphatic carboxylic acids is 1. The molecule has 1 aromatic rings. The number of nitrogens with zero attached hydrogens (tertiary/aromatic N) is 1. The van der Waals surface area contributed by atoms with Crippen LogP contribution < -0.4 is 4.74 Å². The number of benzene rings is 1. The monoisotopic (exact) mass is 301 g/mol. The Labute approximate surface area is 121 Å². The highest BCUT2D eigenvalue weighted by Crippen LogP contribution is 2.24. The molecule has 1 aliphatic heterocycles. The van der Waals surface area contributed by atoms with Crippen LogP contribution in [0.1, 0.15) is 12.0 Å². The quantitative estimate of drug-likeness (QED) is 0.870. The van der Waals surface area contributed by atoms with E-state index in [0.29, 0.717) is 31.9 Å². The van der Waals surface area contributed by atoms with E-state index in [1.54, 1.807) is 18.2 Å². The van der Waals surface area contributed by atoms with Gasteiger partial charge in [-0.1, -0.05) is 18.2 Å². The summed E-state index contributed by atoms with van der Waals surface area (Å²) in [5.41, 5.74) is 0.607. The van der Waals surface area contributed by atoms with Crippen LogP contribution in [0.25, 0.3) is 0 Å². The average Bonchev–Trinajstić information content (AvgIpc) is 2.42. The maximum absolute atomic E-state index is 12.4. The van der Waals surface area contributed by atoms with Crippen molar-refractivity contribution in [1.82, 2.24) is 4.90 Å². The predicted molar refractivity (Wildman–Crippen MR) is 70.3 cm³/mol. The fraction of sp³-hybridized carbons (Fsp3) is 0.500. The molecule has 0 radical (unpaired) electrons. The Morgan fingerprint density at radius 2 is 2.24 bits per heavy atom. The molecule has 0 spiro atoms. The van der Waals surface area contributed by atoms with Crippen LogP contribution in [0.4, 0.5) is 8.78 Å². The SMILES string of the molecule is O=C(O)CC1COCCN1Cc1ccccc1OC(F)F. The van der Waals surface area contributed by atoms with Crippen LogP contribution in [-0.4, -0.2) is 48.4 Å². The summed E-state index contributed by atoms with van der Waals surface area (Å²) in [7, 11) is 0. The van der Waals surface area contributed by atoms with Gasteiger partial charge in [-0.2, -0.15) is 8.78 Å². The van der Waals surface area contributed by atoms with Gasteiger partial charge in [0, 0.05) is 24.7 Å². The number of rotatable bonds is 6. The molecule has 1 aromatic carbocycles. The van der Waals surface area contributed by atoms with E-state index in [0.717, 1.165) is 0 Å². The first-order valence-corrected chi connectivity index (χ1v) is 6.62. The normalized spacial score (nSPS) is 19.7. The van der Waals surface area contributed by atoms with Gasteiger partial charge in [-0.05, 0) is 6.07 Å². The number of halogens is 2. The van der Waals surface area contributed by atoms with Crippen molar-refractivity contribution >= 4 is 5.97 Å². The lowest BCUT2D eigenvalue weighted by Gasteiger charge is -2.35. The Kier molecular flexibility index (Phi) is 5.46. The van der Waals surface area contributed by atoms with Gasteiger partial charge in [0.05, 0.1) is 19.6 Å². The van der Waals surface area contributed by atoms with Gasteiger partial charge in [-0.25, -0.2) is 0 Å². The highest BCUT2D eigenvalue weighted by molar-refractivity contribution is 5.67. The van der Waals surface area contributed by atoms with E-state index in [4.69, 9.17) is 9.84 Å². The van der Waals surface area contributed by atoms with Gasteiger partial charge in [0.2, 0.25) is 0 Å². The fourth-order valence-electron chi connectivity index (χ4n) is 2.35. The first kappa shape index (κ1) is 15.7. The van der Waals surface area contributed by atoms with E-state index in [9.17, 15) is 13.6 Å². The summed E-state index contributed by atoms with van der Waals surface area (Å²) in [5, 5.41) is 8.92. The number of carboxylic acid groups (broad SMARTS) is 1. The number of carbonyl (C=O) groups is 1. The van der Waals surface area contributed by atoms with Gasteiger partial charge in [0.15, 0.2) is 0 Å². The largest absolute Gasteiger partial charge is 0.481 e. The molecule has 0 aliphatic carbocycles. The van der Waals surface area contributed by atoms with Crippen LogP contribution in [-0.2, 0) is 16.1 Å². The molecule has 1 atom stereocenters. The standard InChI is InChI=1S/C14H17F2NO4/c15-14(16)21-12-4-2-1-3-10(12)8-17-5-6-20-9-11(17)7-13(18)19/h1-4,11,14H,5-9H2,(H,18,19). The molecule has 0 saturated carbocycles. The second kappa shape index (κ2) is 7.33. The highest BCUT2D eigenvalue weighted by Gasteiger charge is 2.26. The lowest BCUT2D eigenvalue weighted by atomic mass is 10.1. The summed E-state index contributed by atoms with van der Waals surface area (Å²) in [5.74, 6) is -0.791. The number of hydrogen-bond acceptors (Lipinski definition) is 4. The lowest BCUT2D eigenvalue weighted by Crippen LogP contribution is -2.45. The summed E-state index contributed by atoms with van der Waals surface area (Å²) in [6.07, 6.45) is -0.0438. The first-order valence-electron chi connectivity index (χ1n) is 6.62.